The van der Waals surface area contributed by atoms with Crippen molar-refractivity contribution < 1.29 is 34.4 Å². The molecule has 4 fully saturated rings. The summed E-state index contributed by atoms with van der Waals surface area (Å²) in [7, 11) is 0. The van der Waals surface area contributed by atoms with Gasteiger partial charge in [0.25, 0.3) is 0 Å². The number of allylic oxidation sites excluding steroid dienone is 1. The van der Waals surface area contributed by atoms with Gasteiger partial charge in [-0.05, 0) is 77.9 Å². The summed E-state index contributed by atoms with van der Waals surface area (Å²) in [6.45, 7) is 18.6. The van der Waals surface area contributed by atoms with Crippen LogP contribution in [0.15, 0.2) is 11.6 Å². The van der Waals surface area contributed by atoms with E-state index in [0.29, 0.717) is 31.8 Å². The summed E-state index contributed by atoms with van der Waals surface area (Å²) in [5.74, 6) is -0.215. The number of hydrogen-bond acceptors (Lipinski definition) is 7. The molecular formula is C34H54O7. The Hall–Kier alpha value is -1.44. The molecule has 0 radical (unpaired) electrons. The first kappa shape index (κ1) is 31.0. The molecular weight excluding hydrogens is 520 g/mol. The summed E-state index contributed by atoms with van der Waals surface area (Å²) >= 11 is 0. The number of esters is 2. The van der Waals surface area contributed by atoms with Crippen molar-refractivity contribution >= 4 is 11.9 Å². The zero-order valence-electron chi connectivity index (χ0n) is 26.7. The smallest absolute Gasteiger partial charge is 0.302 e. The van der Waals surface area contributed by atoms with Gasteiger partial charge in [-0.15, -0.1) is 0 Å². The average molecular weight is 575 g/mol. The van der Waals surface area contributed by atoms with Crippen LogP contribution in [0.2, 0.25) is 0 Å². The van der Waals surface area contributed by atoms with Crippen LogP contribution in [-0.2, 0) is 19.1 Å². The van der Waals surface area contributed by atoms with Gasteiger partial charge in [-0.25, -0.2) is 0 Å². The van der Waals surface area contributed by atoms with Crippen molar-refractivity contribution in [2.75, 3.05) is 6.61 Å². The Labute approximate surface area is 246 Å². The number of ether oxygens (including phenoxy) is 2. The third kappa shape index (κ3) is 4.14. The van der Waals surface area contributed by atoms with Crippen LogP contribution in [0.1, 0.15) is 101 Å². The van der Waals surface area contributed by atoms with Crippen molar-refractivity contribution in [3.05, 3.63) is 11.6 Å². The van der Waals surface area contributed by atoms with Gasteiger partial charge in [-0.3, -0.25) is 9.59 Å². The molecule has 0 saturated heterocycles. The van der Waals surface area contributed by atoms with Crippen molar-refractivity contribution in [1.29, 1.82) is 0 Å². The van der Waals surface area contributed by atoms with Crippen LogP contribution >= 0.6 is 0 Å². The van der Waals surface area contributed by atoms with Crippen LogP contribution in [0.5, 0.6) is 0 Å². The molecule has 0 heterocycles. The van der Waals surface area contributed by atoms with Gasteiger partial charge in [0.05, 0.1) is 24.9 Å². The van der Waals surface area contributed by atoms with E-state index in [1.165, 1.54) is 19.4 Å². The lowest BCUT2D eigenvalue weighted by atomic mass is 9.35. The summed E-state index contributed by atoms with van der Waals surface area (Å²) in [6, 6.07) is 0. The zero-order chi connectivity index (χ0) is 30.5. The molecule has 5 rings (SSSR count). The molecule has 0 bridgehead atoms. The first-order chi connectivity index (χ1) is 18.9. The molecule has 41 heavy (non-hydrogen) atoms. The fraction of sp³-hybridized carbons (Fsp3) is 0.882. The highest BCUT2D eigenvalue weighted by atomic mass is 16.6. The topological polar surface area (TPSA) is 113 Å². The predicted octanol–water partition coefficient (Wildman–Crippen LogP) is 5.05. The van der Waals surface area contributed by atoms with Gasteiger partial charge in [0.2, 0.25) is 0 Å². The molecule has 5 aliphatic rings. The molecule has 3 N–H and O–H groups in total. The van der Waals surface area contributed by atoms with Gasteiger partial charge in [-0.2, -0.15) is 0 Å². The number of rotatable bonds is 4. The van der Waals surface area contributed by atoms with Crippen LogP contribution in [0, 0.1) is 56.7 Å². The van der Waals surface area contributed by atoms with E-state index in [-0.39, 0.29) is 57.3 Å². The van der Waals surface area contributed by atoms with Crippen LogP contribution in [0.3, 0.4) is 0 Å². The summed E-state index contributed by atoms with van der Waals surface area (Å²) in [5, 5.41) is 35.2. The highest BCUT2D eigenvalue weighted by Crippen LogP contribution is 2.76. The number of aliphatic hydroxyl groups excluding tert-OH is 3. The Morgan fingerprint density at radius 1 is 0.951 bits per heavy atom. The fourth-order valence-corrected chi connectivity index (χ4v) is 11.9. The van der Waals surface area contributed by atoms with Crippen LogP contribution < -0.4 is 0 Å². The molecule has 4 unspecified atom stereocenters. The Kier molecular flexibility index (Phi) is 7.40. The highest BCUT2D eigenvalue weighted by Gasteiger charge is 2.73. The number of hydrogen-bond donors (Lipinski definition) is 3. The molecule has 5 aliphatic carbocycles. The maximum atomic E-state index is 12.1. The largest absolute Gasteiger partial charge is 0.465 e. The molecule has 0 aromatic rings. The maximum Gasteiger partial charge on any atom is 0.302 e. The van der Waals surface area contributed by atoms with E-state index in [2.05, 4.69) is 40.7 Å². The molecule has 0 aliphatic heterocycles. The van der Waals surface area contributed by atoms with Crippen LogP contribution in [0.25, 0.3) is 0 Å². The summed E-state index contributed by atoms with van der Waals surface area (Å²) in [6.07, 6.45) is 4.13. The van der Waals surface area contributed by atoms with Crippen molar-refractivity contribution in [3.63, 3.8) is 0 Å². The molecule has 0 amide bonds. The summed E-state index contributed by atoms with van der Waals surface area (Å²) < 4.78 is 11.5. The Morgan fingerprint density at radius 3 is 2.20 bits per heavy atom. The Balaban J connectivity index is 1.62. The number of aliphatic hydroxyl groups is 3. The molecule has 0 spiro atoms. The lowest BCUT2D eigenvalue weighted by molar-refractivity contribution is -0.227. The zero-order valence-corrected chi connectivity index (χ0v) is 26.7. The SMILES string of the molecule is CC(=O)OC[C@@]12CC[C@@]3(C)C4C(=CC[C@]3(C)C1C(O)C[C@H]2C(C)C)[C@@]1(C)C[C@@H](OC(C)=O)[C@H](O)C(C)(C)C1C[C@@H]4O. The minimum Gasteiger partial charge on any atom is -0.465 e. The van der Waals surface area contributed by atoms with E-state index in [1.807, 2.05) is 13.8 Å². The maximum absolute atomic E-state index is 12.1. The fourth-order valence-electron chi connectivity index (χ4n) is 11.9. The Morgan fingerprint density at radius 2 is 1.61 bits per heavy atom. The van der Waals surface area contributed by atoms with Crippen molar-refractivity contribution in [2.45, 2.75) is 125 Å². The number of carbonyl (C=O) groups excluding carboxylic acids is 2. The normalized spacial score (nSPS) is 50.1. The van der Waals surface area contributed by atoms with E-state index in [0.717, 1.165) is 19.3 Å². The molecule has 0 aromatic heterocycles. The monoisotopic (exact) mass is 574 g/mol. The molecule has 4 saturated carbocycles. The van der Waals surface area contributed by atoms with Crippen molar-refractivity contribution in [1.82, 2.24) is 0 Å². The standard InChI is InChI=1S/C34H54O7/c1-18(2)22-14-24(38)28-33(9)11-10-21-27(32(33,8)12-13-34(22,28)17-40-19(3)35)23(37)15-26-30(5,6)29(39)25(41-20(4)36)16-31(21,26)7/h10,18,22-29,37-39H,11-17H2,1-9H3/t22-,23-,24?,25+,26?,27?,28?,29-,31+,32-,33+,34+/m0/s1. The minimum atomic E-state index is -0.809. The third-order valence-electron chi connectivity index (χ3n) is 13.7. The van der Waals surface area contributed by atoms with Crippen molar-refractivity contribution in [2.24, 2.45) is 56.7 Å². The molecule has 7 nitrogen and oxygen atoms in total. The quantitative estimate of drug-likeness (QED) is 0.318. The molecule has 12 atom stereocenters. The van der Waals surface area contributed by atoms with E-state index in [1.54, 1.807) is 0 Å². The second-order valence-corrected chi connectivity index (χ2v) is 16.2. The van der Waals surface area contributed by atoms with E-state index in [4.69, 9.17) is 9.47 Å². The molecule has 7 heteroatoms. The first-order valence-corrected chi connectivity index (χ1v) is 15.9. The second-order valence-electron chi connectivity index (χ2n) is 16.2. The Bertz CT molecular complexity index is 1110. The summed E-state index contributed by atoms with van der Waals surface area (Å²) in [4.78, 5) is 24.1. The molecule has 232 valence electrons. The summed E-state index contributed by atoms with van der Waals surface area (Å²) in [5.41, 5.74) is -0.580. The first-order valence-electron chi connectivity index (χ1n) is 15.9. The lowest BCUT2D eigenvalue weighted by Gasteiger charge is -2.70. The lowest BCUT2D eigenvalue weighted by Crippen LogP contribution is -2.68. The number of fused-ring (bicyclic) bond motifs is 7. The predicted molar refractivity (Wildman–Crippen MR) is 155 cm³/mol. The second kappa shape index (κ2) is 9.79. The highest BCUT2D eigenvalue weighted by molar-refractivity contribution is 5.66. The minimum absolute atomic E-state index is 0.0244. The van der Waals surface area contributed by atoms with Gasteiger partial charge in [0.15, 0.2) is 0 Å². The van der Waals surface area contributed by atoms with Gasteiger partial charge in [0.1, 0.15) is 6.10 Å². The third-order valence-corrected chi connectivity index (χ3v) is 13.7. The van der Waals surface area contributed by atoms with Gasteiger partial charge >= 0.3 is 11.9 Å². The van der Waals surface area contributed by atoms with Gasteiger partial charge < -0.3 is 24.8 Å². The van der Waals surface area contributed by atoms with Gasteiger partial charge in [0, 0.05) is 31.1 Å². The molecule has 0 aromatic carbocycles. The number of carbonyl (C=O) groups is 2. The van der Waals surface area contributed by atoms with Gasteiger partial charge in [-0.1, -0.05) is 60.1 Å². The average Bonchev–Trinajstić information content (AvgIpc) is 3.17. The van der Waals surface area contributed by atoms with E-state index < -0.39 is 29.8 Å². The van der Waals surface area contributed by atoms with Crippen LogP contribution in [-0.4, -0.2) is 58.3 Å². The van der Waals surface area contributed by atoms with E-state index in [9.17, 15) is 24.9 Å². The van der Waals surface area contributed by atoms with Crippen LogP contribution in [0.4, 0.5) is 0 Å². The van der Waals surface area contributed by atoms with Crippen molar-refractivity contribution in [3.8, 4) is 0 Å². The van der Waals surface area contributed by atoms with E-state index >= 15 is 0 Å².